The predicted octanol–water partition coefficient (Wildman–Crippen LogP) is 3.55. The van der Waals surface area contributed by atoms with E-state index in [4.69, 9.17) is 14.2 Å². The Morgan fingerprint density at radius 1 is 1.17 bits per heavy atom. The maximum absolute atomic E-state index is 12.7. The summed E-state index contributed by atoms with van der Waals surface area (Å²) in [6.07, 6.45) is 0.662. The van der Waals surface area contributed by atoms with Gasteiger partial charge in [0, 0.05) is 16.3 Å². The average Bonchev–Trinajstić information content (AvgIpc) is 3.35. The first-order valence-electron chi connectivity index (χ1n) is 10.3. The van der Waals surface area contributed by atoms with Crippen LogP contribution >= 0.6 is 11.3 Å². The Morgan fingerprint density at radius 3 is 2.66 bits per heavy atom. The van der Waals surface area contributed by atoms with Crippen LogP contribution in [-0.4, -0.2) is 50.1 Å². The molecule has 0 saturated carbocycles. The number of carbonyl (C=O) groups excluding carboxylic acids is 1. The van der Waals surface area contributed by atoms with Crippen LogP contribution in [0.3, 0.4) is 0 Å². The third-order valence-corrected chi connectivity index (χ3v) is 6.86. The first-order valence-corrected chi connectivity index (χ1v) is 12.9. The monoisotopic (exact) mass is 514 g/mol. The summed E-state index contributed by atoms with van der Waals surface area (Å²) in [5.74, 6) is 5.18. The number of nitrogens with zero attached hydrogens (tertiary/aromatic N) is 4. The number of fused-ring (bicyclic) bond motifs is 1. The molecule has 2 aromatic heterocycles. The van der Waals surface area contributed by atoms with Crippen LogP contribution in [-0.2, 0) is 21.1 Å². The van der Waals surface area contributed by atoms with Crippen LogP contribution < -0.4 is 19.5 Å². The Labute approximate surface area is 205 Å². The number of ether oxygens (including phenoxy) is 3. The molecule has 2 aromatic carbocycles. The van der Waals surface area contributed by atoms with Crippen LogP contribution in [0.15, 0.2) is 53.1 Å². The fourth-order valence-electron chi connectivity index (χ4n) is 3.09. The summed E-state index contributed by atoms with van der Waals surface area (Å²) in [5.41, 5.74) is 3.08. The third-order valence-electron chi connectivity index (χ3n) is 4.73. The van der Waals surface area contributed by atoms with Gasteiger partial charge in [-0.15, -0.1) is 10.2 Å². The molecule has 0 fully saturated rings. The number of rotatable bonds is 9. The van der Waals surface area contributed by atoms with Gasteiger partial charge in [-0.1, -0.05) is 23.5 Å². The van der Waals surface area contributed by atoms with Crippen molar-refractivity contribution in [1.82, 2.24) is 24.9 Å². The Hall–Kier alpha value is -3.97. The summed E-state index contributed by atoms with van der Waals surface area (Å²) in [4.78, 5) is 20.6. The Morgan fingerprint density at radius 2 is 1.97 bits per heavy atom. The molecular weight excluding hydrogens is 492 g/mol. The molecule has 0 bridgehead atoms. The number of aromatic nitrogens is 4. The van der Waals surface area contributed by atoms with Crippen molar-refractivity contribution in [3.63, 3.8) is 0 Å². The zero-order valence-electron chi connectivity index (χ0n) is 18.9. The van der Waals surface area contributed by atoms with Gasteiger partial charge in [0.05, 0.1) is 28.9 Å². The van der Waals surface area contributed by atoms with E-state index in [1.807, 2.05) is 0 Å². The normalized spacial score (nSPS) is 12.5. The van der Waals surface area contributed by atoms with Gasteiger partial charge in [0.15, 0.2) is 11.5 Å². The van der Waals surface area contributed by atoms with Crippen molar-refractivity contribution in [3.8, 4) is 11.5 Å². The summed E-state index contributed by atoms with van der Waals surface area (Å²) in [6.45, 7) is 2.04. The van der Waals surface area contributed by atoms with Gasteiger partial charge in [-0.3, -0.25) is 0 Å². The zero-order valence-corrected chi connectivity index (χ0v) is 20.5. The lowest BCUT2D eigenvalue weighted by molar-refractivity contribution is 0.159. The fourth-order valence-corrected chi connectivity index (χ4v) is 4.55. The summed E-state index contributed by atoms with van der Waals surface area (Å²) in [5, 5.41) is 12.3. The van der Waals surface area contributed by atoms with E-state index in [2.05, 4.69) is 36.1 Å². The number of anilines is 2. The second kappa shape index (κ2) is 10.5. The van der Waals surface area contributed by atoms with E-state index in [9.17, 15) is 9.00 Å². The SMILES string of the molecule is C=S(=O)(NC(=O)OCC)c1ccc(COc2cc3ncnc(Nc4nncs4)c3cc2OC)cc1. The number of benzene rings is 2. The highest BCUT2D eigenvalue weighted by Gasteiger charge is 2.14. The van der Waals surface area contributed by atoms with Gasteiger partial charge in [-0.2, -0.15) is 0 Å². The van der Waals surface area contributed by atoms with Gasteiger partial charge < -0.3 is 19.5 Å². The van der Waals surface area contributed by atoms with E-state index >= 15 is 0 Å². The second-order valence-electron chi connectivity index (χ2n) is 7.04. The lowest BCUT2D eigenvalue weighted by atomic mass is 10.2. The number of methoxy groups -OCH3 is 1. The molecule has 11 nitrogen and oxygen atoms in total. The number of amides is 1. The first kappa shape index (κ1) is 24.2. The smallest absolute Gasteiger partial charge is 0.418 e. The van der Waals surface area contributed by atoms with Crippen molar-refractivity contribution >= 4 is 54.9 Å². The molecule has 2 heterocycles. The molecule has 13 heteroatoms. The summed E-state index contributed by atoms with van der Waals surface area (Å²) < 4.78 is 31.3. The maximum Gasteiger partial charge on any atom is 0.418 e. The van der Waals surface area contributed by atoms with Gasteiger partial charge in [0.25, 0.3) is 0 Å². The van der Waals surface area contributed by atoms with E-state index < -0.39 is 15.8 Å². The first-order chi connectivity index (χ1) is 16.9. The number of nitrogens with one attached hydrogen (secondary N) is 2. The largest absolute Gasteiger partial charge is 0.493 e. The minimum absolute atomic E-state index is 0.170. The molecule has 4 aromatic rings. The molecule has 182 valence electrons. The lowest BCUT2D eigenvalue weighted by Crippen LogP contribution is -2.30. The van der Waals surface area contributed by atoms with Gasteiger partial charge in [-0.05, 0) is 36.6 Å². The third kappa shape index (κ3) is 5.75. The topological polar surface area (TPSA) is 137 Å². The fraction of sp³-hybridized carbons (Fsp3) is 0.182. The van der Waals surface area contributed by atoms with Crippen LogP contribution in [0.1, 0.15) is 12.5 Å². The van der Waals surface area contributed by atoms with Crippen molar-refractivity contribution in [2.75, 3.05) is 19.0 Å². The Balaban J connectivity index is 1.50. The van der Waals surface area contributed by atoms with E-state index in [-0.39, 0.29) is 13.2 Å². The highest BCUT2D eigenvalue weighted by molar-refractivity contribution is 7.99. The van der Waals surface area contributed by atoms with Crippen LogP contribution in [0, 0.1) is 0 Å². The molecule has 1 amide bonds. The van der Waals surface area contributed by atoms with Gasteiger partial charge >= 0.3 is 6.09 Å². The van der Waals surface area contributed by atoms with E-state index in [1.165, 1.54) is 17.7 Å². The van der Waals surface area contributed by atoms with Gasteiger partial charge in [-0.25, -0.2) is 23.7 Å². The molecule has 0 spiro atoms. The number of hydrogen-bond donors (Lipinski definition) is 2. The zero-order chi connectivity index (χ0) is 24.8. The number of carbonyl (C=O) groups is 1. The minimum atomic E-state index is -3.04. The molecule has 0 radical (unpaired) electrons. The molecule has 0 saturated heterocycles. The molecule has 1 atom stereocenters. The van der Waals surface area contributed by atoms with Crippen molar-refractivity contribution in [2.24, 2.45) is 0 Å². The van der Waals surface area contributed by atoms with E-state index in [1.54, 1.807) is 55.9 Å². The molecule has 4 rings (SSSR count). The molecule has 1 unspecified atom stereocenters. The van der Waals surface area contributed by atoms with Crippen molar-refractivity contribution in [2.45, 2.75) is 18.4 Å². The highest BCUT2D eigenvalue weighted by atomic mass is 32.2. The standard InChI is InChI=1S/C22H22N6O5S2/c1-4-32-22(29)28-35(3,30)15-7-5-14(6-8-15)11-33-19-10-17-16(9-18(19)31-2)20(24-12-23-17)26-21-27-25-13-34-21/h5-10,12-13H,3-4,11H2,1-2H3,(H,28,29,30)(H,23,24,26,27). The van der Waals surface area contributed by atoms with Crippen molar-refractivity contribution in [3.05, 3.63) is 53.8 Å². The summed E-state index contributed by atoms with van der Waals surface area (Å²) in [7, 11) is -1.49. The van der Waals surface area contributed by atoms with Crippen LogP contribution in [0.4, 0.5) is 15.7 Å². The molecule has 0 aliphatic rings. The van der Waals surface area contributed by atoms with E-state index in [0.717, 1.165) is 10.9 Å². The second-order valence-corrected chi connectivity index (χ2v) is 9.90. The van der Waals surface area contributed by atoms with Crippen LogP contribution in [0.5, 0.6) is 11.5 Å². The number of hydrogen-bond acceptors (Lipinski definition) is 11. The summed E-state index contributed by atoms with van der Waals surface area (Å²) >= 11 is 1.35. The van der Waals surface area contributed by atoms with Gasteiger partial charge in [0.1, 0.15) is 24.3 Å². The van der Waals surface area contributed by atoms with E-state index in [0.29, 0.717) is 32.9 Å². The Kier molecular flexibility index (Phi) is 7.27. The molecule has 2 N–H and O–H groups in total. The Bertz CT molecular complexity index is 1430. The van der Waals surface area contributed by atoms with Crippen LogP contribution in [0.25, 0.3) is 10.9 Å². The highest BCUT2D eigenvalue weighted by Crippen LogP contribution is 2.35. The quantitative estimate of drug-likeness (QED) is 0.319. The average molecular weight is 515 g/mol. The van der Waals surface area contributed by atoms with Crippen molar-refractivity contribution in [1.29, 1.82) is 0 Å². The van der Waals surface area contributed by atoms with Crippen molar-refractivity contribution < 1.29 is 23.2 Å². The lowest BCUT2D eigenvalue weighted by Gasteiger charge is -2.14. The minimum Gasteiger partial charge on any atom is -0.493 e. The predicted molar refractivity (Wildman–Crippen MR) is 134 cm³/mol. The molecule has 0 aliphatic heterocycles. The summed E-state index contributed by atoms with van der Waals surface area (Å²) in [6, 6.07) is 10.3. The molecule has 35 heavy (non-hydrogen) atoms. The van der Waals surface area contributed by atoms with Gasteiger partial charge in [0.2, 0.25) is 5.13 Å². The molecule has 0 aliphatic carbocycles. The van der Waals surface area contributed by atoms with Crippen LogP contribution in [0.2, 0.25) is 0 Å². The molecular formula is C22H22N6O5S2. The maximum atomic E-state index is 12.7.